The fourth-order valence-electron chi connectivity index (χ4n) is 3.67. The normalized spacial score (nSPS) is 20.0. The lowest BCUT2D eigenvalue weighted by atomic mass is 9.78. The van der Waals surface area contributed by atoms with E-state index in [2.05, 4.69) is 27.0 Å². The summed E-state index contributed by atoms with van der Waals surface area (Å²) < 4.78 is 0.941. The second-order valence-electron chi connectivity index (χ2n) is 6.27. The summed E-state index contributed by atoms with van der Waals surface area (Å²) in [7, 11) is 0. The lowest BCUT2D eigenvalue weighted by Gasteiger charge is -2.39. The van der Waals surface area contributed by atoms with Crippen molar-refractivity contribution in [3.63, 3.8) is 0 Å². The first-order chi connectivity index (χ1) is 13.0. The van der Waals surface area contributed by atoms with Crippen LogP contribution in [0.1, 0.15) is 30.1 Å². The van der Waals surface area contributed by atoms with Crippen molar-refractivity contribution in [2.45, 2.75) is 25.2 Å². The fraction of sp³-hybridized carbons (Fsp3) is 0.211. The number of ketones is 1. The van der Waals surface area contributed by atoms with Gasteiger partial charge in [-0.3, -0.25) is 9.69 Å². The SMILES string of the molecule is N#CC1=C(N)N(c2cccnc2Cl)C2=C(C(=O)CCC2)C1c1ccc(Br)s1. The van der Waals surface area contributed by atoms with Crippen LogP contribution in [0.4, 0.5) is 5.69 Å². The second-order valence-corrected chi connectivity index (χ2v) is 9.12. The number of nitrogens with two attached hydrogens (primary N) is 1. The Hall–Kier alpha value is -2.14. The van der Waals surface area contributed by atoms with Gasteiger partial charge in [0.25, 0.3) is 0 Å². The van der Waals surface area contributed by atoms with Crippen molar-refractivity contribution in [3.05, 3.63) is 66.9 Å². The molecule has 0 radical (unpaired) electrons. The average Bonchev–Trinajstić information content (AvgIpc) is 3.08. The van der Waals surface area contributed by atoms with Gasteiger partial charge in [0.05, 0.1) is 27.0 Å². The van der Waals surface area contributed by atoms with Gasteiger partial charge in [-0.1, -0.05) is 11.6 Å². The number of carbonyl (C=O) groups is 1. The molecule has 3 heterocycles. The number of anilines is 1. The number of thiophene rings is 1. The zero-order chi connectivity index (χ0) is 19.1. The van der Waals surface area contributed by atoms with Gasteiger partial charge < -0.3 is 5.73 Å². The van der Waals surface area contributed by atoms with Crippen molar-refractivity contribution >= 4 is 50.3 Å². The number of pyridine rings is 1. The summed E-state index contributed by atoms with van der Waals surface area (Å²) in [6, 6.07) is 9.64. The number of nitrogens with zero attached hydrogens (tertiary/aromatic N) is 3. The molecule has 0 aromatic carbocycles. The minimum absolute atomic E-state index is 0.0519. The van der Waals surface area contributed by atoms with Crippen LogP contribution in [0.15, 0.2) is 56.9 Å². The Labute approximate surface area is 173 Å². The van der Waals surface area contributed by atoms with Crippen LogP contribution in [-0.2, 0) is 4.79 Å². The third-order valence-corrected chi connectivity index (χ3v) is 6.75. The third-order valence-electron chi connectivity index (χ3n) is 4.77. The van der Waals surface area contributed by atoms with E-state index < -0.39 is 5.92 Å². The molecule has 0 bridgehead atoms. The minimum Gasteiger partial charge on any atom is -0.384 e. The van der Waals surface area contributed by atoms with E-state index in [0.717, 1.165) is 20.8 Å². The molecule has 0 spiro atoms. The Kier molecular flexibility index (Phi) is 4.81. The summed E-state index contributed by atoms with van der Waals surface area (Å²) >= 11 is 11.3. The molecule has 1 atom stereocenters. The molecule has 1 aliphatic heterocycles. The molecule has 0 saturated carbocycles. The zero-order valence-corrected chi connectivity index (χ0v) is 17.2. The van der Waals surface area contributed by atoms with E-state index in [1.807, 2.05) is 12.1 Å². The highest BCUT2D eigenvalue weighted by Gasteiger charge is 2.41. The maximum Gasteiger partial charge on any atom is 0.161 e. The van der Waals surface area contributed by atoms with Gasteiger partial charge in [-0.2, -0.15) is 5.26 Å². The number of carbonyl (C=O) groups excluding carboxylic acids is 1. The van der Waals surface area contributed by atoms with Crippen molar-refractivity contribution in [2.24, 2.45) is 5.73 Å². The van der Waals surface area contributed by atoms with Crippen molar-refractivity contribution in [3.8, 4) is 6.07 Å². The largest absolute Gasteiger partial charge is 0.384 e. The van der Waals surface area contributed by atoms with Gasteiger partial charge in [0, 0.05) is 28.8 Å². The van der Waals surface area contributed by atoms with Crippen LogP contribution < -0.4 is 10.6 Å². The second kappa shape index (κ2) is 7.12. The lowest BCUT2D eigenvalue weighted by molar-refractivity contribution is -0.116. The Bertz CT molecular complexity index is 1050. The van der Waals surface area contributed by atoms with Crippen molar-refractivity contribution < 1.29 is 4.79 Å². The monoisotopic (exact) mass is 460 g/mol. The van der Waals surface area contributed by atoms with Gasteiger partial charge in [-0.05, 0) is 53.0 Å². The molecular formula is C19H14BrClN4OS. The first-order valence-electron chi connectivity index (χ1n) is 8.34. The van der Waals surface area contributed by atoms with Crippen molar-refractivity contribution in [1.82, 2.24) is 4.98 Å². The summed E-state index contributed by atoms with van der Waals surface area (Å²) in [4.78, 5) is 19.7. The highest BCUT2D eigenvalue weighted by atomic mass is 79.9. The molecule has 27 heavy (non-hydrogen) atoms. The van der Waals surface area contributed by atoms with Gasteiger partial charge in [0.1, 0.15) is 5.82 Å². The summed E-state index contributed by atoms with van der Waals surface area (Å²) in [5.41, 5.74) is 8.86. The Balaban J connectivity index is 1.99. The Morgan fingerprint density at radius 2 is 2.19 bits per heavy atom. The topological polar surface area (TPSA) is 83.0 Å². The molecule has 1 aliphatic carbocycles. The first-order valence-corrected chi connectivity index (χ1v) is 10.3. The lowest BCUT2D eigenvalue weighted by Crippen LogP contribution is -2.38. The molecule has 1 unspecified atom stereocenters. The molecule has 0 saturated heterocycles. The number of nitriles is 1. The van der Waals surface area contributed by atoms with E-state index in [4.69, 9.17) is 17.3 Å². The van der Waals surface area contributed by atoms with E-state index in [9.17, 15) is 10.1 Å². The molecule has 136 valence electrons. The predicted octanol–water partition coefficient (Wildman–Crippen LogP) is 4.86. The van der Waals surface area contributed by atoms with E-state index >= 15 is 0 Å². The number of halogens is 2. The summed E-state index contributed by atoms with van der Waals surface area (Å²) in [6.45, 7) is 0. The maximum atomic E-state index is 12.9. The number of aromatic nitrogens is 1. The molecule has 2 aliphatic rings. The molecule has 4 rings (SSSR count). The molecule has 2 N–H and O–H groups in total. The smallest absolute Gasteiger partial charge is 0.161 e. The van der Waals surface area contributed by atoms with Crippen LogP contribution in [0.5, 0.6) is 0 Å². The molecule has 8 heteroatoms. The van der Waals surface area contributed by atoms with Crippen LogP contribution in [0.25, 0.3) is 0 Å². The zero-order valence-electron chi connectivity index (χ0n) is 14.1. The molecular weight excluding hydrogens is 448 g/mol. The minimum atomic E-state index is -0.444. The molecule has 0 fully saturated rings. The van der Waals surface area contributed by atoms with Crippen LogP contribution in [0.2, 0.25) is 5.15 Å². The van der Waals surface area contributed by atoms with E-state index in [0.29, 0.717) is 35.5 Å². The number of hydrogen-bond donors (Lipinski definition) is 1. The van der Waals surface area contributed by atoms with Crippen LogP contribution in [-0.4, -0.2) is 10.8 Å². The van der Waals surface area contributed by atoms with E-state index in [-0.39, 0.29) is 10.9 Å². The third kappa shape index (κ3) is 2.98. The quantitative estimate of drug-likeness (QED) is 0.646. The number of allylic oxidation sites excluding steroid dienone is 3. The average molecular weight is 462 g/mol. The highest BCUT2D eigenvalue weighted by molar-refractivity contribution is 9.11. The molecule has 2 aromatic rings. The van der Waals surface area contributed by atoms with Crippen molar-refractivity contribution in [1.29, 1.82) is 5.26 Å². The van der Waals surface area contributed by atoms with Crippen LogP contribution in [0, 0.1) is 11.3 Å². The Morgan fingerprint density at radius 3 is 2.85 bits per heavy atom. The highest BCUT2D eigenvalue weighted by Crippen LogP contribution is 2.48. The van der Waals surface area contributed by atoms with Gasteiger partial charge in [0.15, 0.2) is 10.9 Å². The number of Topliss-reactive ketones (excluding diaryl/α,β-unsaturated/α-hetero) is 1. The van der Waals surface area contributed by atoms with E-state index in [1.54, 1.807) is 23.2 Å². The maximum absolute atomic E-state index is 12.9. The molecule has 0 amide bonds. The van der Waals surface area contributed by atoms with Gasteiger partial charge in [-0.25, -0.2) is 4.98 Å². The summed E-state index contributed by atoms with van der Waals surface area (Å²) in [6.07, 6.45) is 3.49. The van der Waals surface area contributed by atoms with Gasteiger partial charge in [-0.15, -0.1) is 11.3 Å². The first kappa shape index (κ1) is 18.2. The number of rotatable bonds is 2. The van der Waals surface area contributed by atoms with E-state index in [1.165, 1.54) is 11.3 Å². The van der Waals surface area contributed by atoms with Crippen LogP contribution in [0.3, 0.4) is 0 Å². The predicted molar refractivity (Wildman–Crippen MR) is 109 cm³/mol. The Morgan fingerprint density at radius 1 is 1.37 bits per heavy atom. The van der Waals surface area contributed by atoms with Crippen molar-refractivity contribution in [2.75, 3.05) is 4.90 Å². The molecule has 2 aromatic heterocycles. The molecule has 5 nitrogen and oxygen atoms in total. The van der Waals surface area contributed by atoms with Gasteiger partial charge in [0.2, 0.25) is 0 Å². The standard InChI is InChI=1S/C19H14BrClN4OS/c20-15-7-6-14(27-15)16-10(9-22)19(23)25(12-4-2-8-24-18(12)21)11-3-1-5-13(26)17(11)16/h2,4,6-8,16H,1,3,5,23H2. The number of hydrogen-bond acceptors (Lipinski definition) is 6. The van der Waals surface area contributed by atoms with Crippen LogP contribution >= 0.6 is 38.9 Å². The van der Waals surface area contributed by atoms with Gasteiger partial charge >= 0.3 is 0 Å². The summed E-state index contributed by atoms with van der Waals surface area (Å²) in [5, 5.41) is 10.2. The summed E-state index contributed by atoms with van der Waals surface area (Å²) in [5.74, 6) is -0.0906. The fourth-order valence-corrected chi connectivity index (χ4v) is 5.42.